The Labute approximate surface area is 106 Å². The summed E-state index contributed by atoms with van der Waals surface area (Å²) in [7, 11) is 1.48. The van der Waals surface area contributed by atoms with Crippen molar-refractivity contribution in [2.24, 2.45) is 4.99 Å². The third-order valence-electron chi connectivity index (χ3n) is 2.16. The fourth-order valence-electron chi connectivity index (χ4n) is 1.26. The molecular formula is C12H19NO5. The molecule has 1 N–H and O–H groups in total. The Hall–Kier alpha value is -1.85. The first-order valence-corrected chi connectivity index (χ1v) is 5.56. The van der Waals surface area contributed by atoms with Gasteiger partial charge in [-0.1, -0.05) is 0 Å². The Morgan fingerprint density at radius 2 is 1.89 bits per heavy atom. The third-order valence-corrected chi connectivity index (χ3v) is 2.16. The molecule has 0 radical (unpaired) electrons. The smallest absolute Gasteiger partial charge is 0.343 e. The molecule has 0 aromatic heterocycles. The van der Waals surface area contributed by atoms with Gasteiger partial charge in [0.25, 0.3) is 0 Å². The van der Waals surface area contributed by atoms with E-state index in [2.05, 4.69) is 4.99 Å². The predicted octanol–water partition coefficient (Wildman–Crippen LogP) is 1.40. The van der Waals surface area contributed by atoms with Crippen LogP contribution in [0.3, 0.4) is 0 Å². The summed E-state index contributed by atoms with van der Waals surface area (Å²) in [6.45, 7) is 6.06. The van der Waals surface area contributed by atoms with E-state index in [1.807, 2.05) is 0 Å². The Kier molecular flexibility index (Phi) is 6.70. The number of nitrogens with zero attached hydrogens (tertiary/aromatic N) is 1. The van der Waals surface area contributed by atoms with Gasteiger partial charge in [0, 0.05) is 19.7 Å². The first-order chi connectivity index (χ1) is 8.34. The summed E-state index contributed by atoms with van der Waals surface area (Å²) in [5.41, 5.74) is 0.234. The molecule has 0 aliphatic carbocycles. The zero-order valence-corrected chi connectivity index (χ0v) is 11.3. The summed E-state index contributed by atoms with van der Waals surface area (Å²) in [4.78, 5) is 26.4. The van der Waals surface area contributed by atoms with Crippen LogP contribution in [0.4, 0.5) is 0 Å². The number of rotatable bonds is 5. The monoisotopic (exact) mass is 257 g/mol. The van der Waals surface area contributed by atoms with Crippen molar-refractivity contribution in [2.75, 3.05) is 13.7 Å². The average molecular weight is 257 g/mol. The van der Waals surface area contributed by atoms with Gasteiger partial charge < -0.3 is 14.6 Å². The molecule has 0 aromatic rings. The highest BCUT2D eigenvalue weighted by Gasteiger charge is 2.24. The molecule has 102 valence electrons. The van der Waals surface area contributed by atoms with Crippen LogP contribution in [-0.2, 0) is 19.1 Å². The van der Waals surface area contributed by atoms with Crippen molar-refractivity contribution in [3.05, 3.63) is 11.3 Å². The van der Waals surface area contributed by atoms with Crippen molar-refractivity contribution in [1.29, 1.82) is 0 Å². The maximum atomic E-state index is 11.7. The summed E-state index contributed by atoms with van der Waals surface area (Å²) < 4.78 is 9.63. The minimum atomic E-state index is -0.932. The zero-order valence-electron chi connectivity index (χ0n) is 11.3. The second-order valence-corrected chi connectivity index (χ2v) is 3.54. The van der Waals surface area contributed by atoms with E-state index in [4.69, 9.17) is 9.47 Å². The van der Waals surface area contributed by atoms with Gasteiger partial charge in [-0.3, -0.25) is 9.79 Å². The topological polar surface area (TPSA) is 85.2 Å². The molecule has 0 amide bonds. The number of aliphatic hydroxyl groups is 1. The van der Waals surface area contributed by atoms with Crippen LogP contribution >= 0.6 is 0 Å². The number of carbonyl (C=O) groups excluding carboxylic acids is 2. The number of hydrogen-bond donors (Lipinski definition) is 1. The number of hydrogen-bond acceptors (Lipinski definition) is 6. The summed E-state index contributed by atoms with van der Waals surface area (Å²) >= 11 is 0. The van der Waals surface area contributed by atoms with Gasteiger partial charge in [0.15, 0.2) is 6.10 Å². The molecule has 0 saturated carbocycles. The van der Waals surface area contributed by atoms with E-state index in [1.165, 1.54) is 20.9 Å². The minimum Gasteiger partial charge on any atom is -0.507 e. The lowest BCUT2D eigenvalue weighted by molar-refractivity contribution is -0.146. The van der Waals surface area contributed by atoms with E-state index >= 15 is 0 Å². The van der Waals surface area contributed by atoms with Crippen molar-refractivity contribution in [2.45, 2.75) is 33.8 Å². The maximum absolute atomic E-state index is 11.7. The highest BCUT2D eigenvalue weighted by Crippen LogP contribution is 2.13. The van der Waals surface area contributed by atoms with Crippen LogP contribution in [0.2, 0.25) is 0 Å². The van der Waals surface area contributed by atoms with Crippen molar-refractivity contribution < 1.29 is 24.2 Å². The molecule has 0 aromatic carbocycles. The molecule has 1 atom stereocenters. The number of carbonyl (C=O) groups is 2. The molecule has 6 heteroatoms. The van der Waals surface area contributed by atoms with E-state index in [0.29, 0.717) is 5.71 Å². The van der Waals surface area contributed by atoms with Gasteiger partial charge in [0.2, 0.25) is 0 Å². The van der Waals surface area contributed by atoms with Crippen molar-refractivity contribution in [1.82, 2.24) is 0 Å². The van der Waals surface area contributed by atoms with Gasteiger partial charge in [-0.25, -0.2) is 4.79 Å². The summed E-state index contributed by atoms with van der Waals surface area (Å²) in [5.74, 6) is -1.62. The number of aliphatic hydroxyl groups excluding tert-OH is 1. The maximum Gasteiger partial charge on any atom is 0.343 e. The predicted molar refractivity (Wildman–Crippen MR) is 66.5 cm³/mol. The van der Waals surface area contributed by atoms with E-state index in [-0.39, 0.29) is 17.9 Å². The van der Waals surface area contributed by atoms with E-state index in [9.17, 15) is 14.7 Å². The largest absolute Gasteiger partial charge is 0.507 e. The van der Waals surface area contributed by atoms with Gasteiger partial charge in [0.1, 0.15) is 11.3 Å². The van der Waals surface area contributed by atoms with Crippen molar-refractivity contribution in [3.8, 4) is 0 Å². The van der Waals surface area contributed by atoms with Crippen LogP contribution in [0, 0.1) is 0 Å². The molecular weight excluding hydrogens is 238 g/mol. The highest BCUT2D eigenvalue weighted by molar-refractivity contribution is 6.19. The summed E-state index contributed by atoms with van der Waals surface area (Å²) in [6.07, 6.45) is -0.932. The first kappa shape index (κ1) is 16.1. The van der Waals surface area contributed by atoms with Gasteiger partial charge in [-0.05, 0) is 20.8 Å². The Balaban J connectivity index is 5.38. The molecule has 0 rings (SSSR count). The van der Waals surface area contributed by atoms with Gasteiger partial charge >= 0.3 is 11.9 Å². The molecule has 0 fully saturated rings. The average Bonchev–Trinajstić information content (AvgIpc) is 2.28. The van der Waals surface area contributed by atoms with Crippen LogP contribution in [-0.4, -0.2) is 42.5 Å². The second-order valence-electron chi connectivity index (χ2n) is 3.54. The van der Waals surface area contributed by atoms with Crippen LogP contribution in [0.1, 0.15) is 27.7 Å². The molecule has 0 aliphatic heterocycles. The molecule has 0 spiro atoms. The van der Waals surface area contributed by atoms with Gasteiger partial charge in [-0.15, -0.1) is 0 Å². The molecule has 0 saturated heterocycles. The van der Waals surface area contributed by atoms with Crippen LogP contribution in [0.15, 0.2) is 16.3 Å². The first-order valence-electron chi connectivity index (χ1n) is 5.56. The van der Waals surface area contributed by atoms with Crippen LogP contribution < -0.4 is 0 Å². The Morgan fingerprint density at radius 3 is 2.28 bits per heavy atom. The second kappa shape index (κ2) is 7.47. The van der Waals surface area contributed by atoms with E-state index < -0.39 is 18.0 Å². The van der Waals surface area contributed by atoms with E-state index in [0.717, 1.165) is 0 Å². The normalized spacial score (nSPS) is 14.6. The molecule has 0 aliphatic rings. The lowest BCUT2D eigenvalue weighted by Crippen LogP contribution is -2.23. The quantitative estimate of drug-likeness (QED) is 0.348. The fraction of sp³-hybridized carbons (Fsp3) is 0.583. The van der Waals surface area contributed by atoms with Crippen molar-refractivity contribution in [3.63, 3.8) is 0 Å². The minimum absolute atomic E-state index is 0.0758. The van der Waals surface area contributed by atoms with Crippen molar-refractivity contribution >= 4 is 17.7 Å². The molecule has 0 bridgehead atoms. The number of ether oxygens (including phenoxy) is 2. The fourth-order valence-corrected chi connectivity index (χ4v) is 1.26. The Morgan fingerprint density at radius 1 is 1.33 bits per heavy atom. The molecule has 0 heterocycles. The zero-order chi connectivity index (χ0) is 14.3. The highest BCUT2D eigenvalue weighted by atomic mass is 16.6. The molecule has 6 nitrogen and oxygen atoms in total. The SMILES string of the molecule is CCOC(=O)/C(C(C)=NC)=C(\O)C(C)OC(C)=O. The van der Waals surface area contributed by atoms with Gasteiger partial charge in [0.05, 0.1) is 6.61 Å². The van der Waals surface area contributed by atoms with Crippen LogP contribution in [0.25, 0.3) is 0 Å². The van der Waals surface area contributed by atoms with Gasteiger partial charge in [-0.2, -0.15) is 0 Å². The van der Waals surface area contributed by atoms with Crippen LogP contribution in [0.5, 0.6) is 0 Å². The molecule has 1 unspecified atom stereocenters. The summed E-state index contributed by atoms with van der Waals surface area (Å²) in [6, 6.07) is 0. The lowest BCUT2D eigenvalue weighted by Gasteiger charge is -2.15. The summed E-state index contributed by atoms with van der Waals surface area (Å²) in [5, 5.41) is 9.95. The van der Waals surface area contributed by atoms with E-state index in [1.54, 1.807) is 13.8 Å². The number of aliphatic imine (C=N–C) groups is 1. The Bertz CT molecular complexity index is 384. The lowest BCUT2D eigenvalue weighted by atomic mass is 10.1. The third kappa shape index (κ3) is 4.57. The standard InChI is InChI=1S/C12H19NO5/c1-6-17-12(16)10(7(2)13-5)11(15)8(3)18-9(4)14/h8,15H,6H2,1-5H3/b11-10-,13-7?. The molecule has 18 heavy (non-hydrogen) atoms. The number of esters is 2.